The highest BCUT2D eigenvalue weighted by molar-refractivity contribution is 4.92. The minimum absolute atomic E-state index is 0.0630. The topological polar surface area (TPSA) is 35.2 Å². The molecular formula is C9H19NO. The minimum Gasteiger partial charge on any atom is -0.374 e. The van der Waals surface area contributed by atoms with E-state index in [-0.39, 0.29) is 11.6 Å². The van der Waals surface area contributed by atoms with Crippen LogP contribution in [0.5, 0.6) is 0 Å². The molecule has 2 N–H and O–H groups in total. The third-order valence-electron chi connectivity index (χ3n) is 2.92. The predicted molar refractivity (Wildman–Crippen MR) is 46.5 cm³/mol. The van der Waals surface area contributed by atoms with E-state index in [1.165, 1.54) is 0 Å². The molecular weight excluding hydrogens is 138 g/mol. The Bertz CT molecular complexity index is 138. The second kappa shape index (κ2) is 3.11. The molecule has 0 amide bonds. The summed E-state index contributed by atoms with van der Waals surface area (Å²) >= 11 is 0. The predicted octanol–water partition coefficient (Wildman–Crippen LogP) is 1.68. The summed E-state index contributed by atoms with van der Waals surface area (Å²) in [5.41, 5.74) is 6.08. The number of ether oxygens (including phenoxy) is 1. The van der Waals surface area contributed by atoms with Crippen molar-refractivity contribution in [2.45, 2.75) is 57.8 Å². The van der Waals surface area contributed by atoms with Crippen molar-refractivity contribution >= 4 is 0 Å². The van der Waals surface area contributed by atoms with Gasteiger partial charge >= 0.3 is 0 Å². The fourth-order valence-corrected chi connectivity index (χ4v) is 1.69. The fraction of sp³-hybridized carbons (Fsp3) is 1.00. The van der Waals surface area contributed by atoms with Crippen LogP contribution in [0.15, 0.2) is 0 Å². The first-order valence-corrected chi connectivity index (χ1v) is 4.53. The average molecular weight is 157 g/mol. The second-order valence-corrected chi connectivity index (χ2v) is 3.71. The van der Waals surface area contributed by atoms with Crippen molar-refractivity contribution in [3.8, 4) is 0 Å². The highest BCUT2D eigenvalue weighted by Gasteiger charge is 2.35. The van der Waals surface area contributed by atoms with Gasteiger partial charge in [0.1, 0.15) is 0 Å². The molecule has 0 saturated carbocycles. The first-order valence-electron chi connectivity index (χ1n) is 4.53. The lowest BCUT2D eigenvalue weighted by Gasteiger charge is -2.41. The van der Waals surface area contributed by atoms with E-state index in [0.29, 0.717) is 6.10 Å². The Morgan fingerprint density at radius 1 is 1.55 bits per heavy atom. The number of hydrogen-bond acceptors (Lipinski definition) is 2. The molecule has 1 aliphatic rings. The first kappa shape index (κ1) is 9.01. The van der Waals surface area contributed by atoms with Crippen molar-refractivity contribution in [2.75, 3.05) is 0 Å². The summed E-state index contributed by atoms with van der Waals surface area (Å²) in [6.07, 6.45) is 3.84. The molecule has 0 radical (unpaired) electrons. The molecule has 0 spiro atoms. The third-order valence-corrected chi connectivity index (χ3v) is 2.92. The lowest BCUT2D eigenvalue weighted by molar-refractivity contribution is -0.0775. The highest BCUT2D eigenvalue weighted by Crippen LogP contribution is 2.28. The Kier molecular flexibility index (Phi) is 2.55. The van der Waals surface area contributed by atoms with Crippen molar-refractivity contribution in [2.24, 2.45) is 5.73 Å². The van der Waals surface area contributed by atoms with Crippen LogP contribution in [-0.4, -0.2) is 17.7 Å². The molecule has 0 bridgehead atoms. The van der Waals surface area contributed by atoms with E-state index >= 15 is 0 Å². The molecule has 1 heterocycles. The van der Waals surface area contributed by atoms with Gasteiger partial charge in [-0.25, -0.2) is 0 Å². The van der Waals surface area contributed by atoms with Gasteiger partial charge < -0.3 is 10.5 Å². The van der Waals surface area contributed by atoms with Crippen molar-refractivity contribution in [1.82, 2.24) is 0 Å². The lowest BCUT2D eigenvalue weighted by atomic mass is 9.83. The van der Waals surface area contributed by atoms with E-state index in [4.69, 9.17) is 10.5 Å². The Hall–Kier alpha value is -0.0800. The molecule has 3 atom stereocenters. The normalized spacial score (nSPS) is 45.8. The van der Waals surface area contributed by atoms with Gasteiger partial charge in [0.2, 0.25) is 0 Å². The molecule has 66 valence electrons. The van der Waals surface area contributed by atoms with E-state index < -0.39 is 0 Å². The maximum absolute atomic E-state index is 6.14. The zero-order valence-corrected chi connectivity index (χ0v) is 7.76. The van der Waals surface area contributed by atoms with Gasteiger partial charge in [0.05, 0.1) is 12.2 Å². The van der Waals surface area contributed by atoms with E-state index in [2.05, 4.69) is 20.8 Å². The summed E-state index contributed by atoms with van der Waals surface area (Å²) in [6, 6.07) is 0. The summed E-state index contributed by atoms with van der Waals surface area (Å²) in [5, 5.41) is 0. The van der Waals surface area contributed by atoms with Gasteiger partial charge in [-0.1, -0.05) is 6.92 Å². The average Bonchev–Trinajstić information content (AvgIpc) is 1.98. The molecule has 0 aromatic rings. The van der Waals surface area contributed by atoms with Gasteiger partial charge in [-0.15, -0.1) is 0 Å². The zero-order chi connectivity index (χ0) is 8.48. The monoisotopic (exact) mass is 157 g/mol. The Labute approximate surface area is 69.1 Å². The van der Waals surface area contributed by atoms with Crippen LogP contribution in [0.3, 0.4) is 0 Å². The fourth-order valence-electron chi connectivity index (χ4n) is 1.69. The SMILES string of the molecule is CCC1(N)CCC(C)OC1C. The van der Waals surface area contributed by atoms with E-state index in [1.807, 2.05) is 0 Å². The van der Waals surface area contributed by atoms with Crippen LogP contribution in [0.25, 0.3) is 0 Å². The van der Waals surface area contributed by atoms with Crippen LogP contribution < -0.4 is 5.73 Å². The standard InChI is InChI=1S/C9H19NO/c1-4-9(10)6-5-7(2)11-8(9)3/h7-8H,4-6,10H2,1-3H3. The van der Waals surface area contributed by atoms with Crippen LogP contribution >= 0.6 is 0 Å². The van der Waals surface area contributed by atoms with Crippen LogP contribution in [0, 0.1) is 0 Å². The van der Waals surface area contributed by atoms with Crippen LogP contribution in [0.1, 0.15) is 40.0 Å². The molecule has 1 saturated heterocycles. The minimum atomic E-state index is -0.0630. The summed E-state index contributed by atoms with van der Waals surface area (Å²) in [6.45, 7) is 6.33. The summed E-state index contributed by atoms with van der Waals surface area (Å²) in [4.78, 5) is 0. The maximum Gasteiger partial charge on any atom is 0.0729 e. The molecule has 3 unspecified atom stereocenters. The number of nitrogens with two attached hydrogens (primary N) is 1. The smallest absolute Gasteiger partial charge is 0.0729 e. The van der Waals surface area contributed by atoms with E-state index in [0.717, 1.165) is 19.3 Å². The quantitative estimate of drug-likeness (QED) is 0.628. The summed E-state index contributed by atoms with van der Waals surface area (Å²) in [7, 11) is 0. The van der Waals surface area contributed by atoms with Crippen LogP contribution in [0.4, 0.5) is 0 Å². The maximum atomic E-state index is 6.14. The molecule has 11 heavy (non-hydrogen) atoms. The first-order chi connectivity index (χ1) is 5.08. The molecule has 2 nitrogen and oxygen atoms in total. The third kappa shape index (κ3) is 1.74. The van der Waals surface area contributed by atoms with Gasteiger partial charge in [0.15, 0.2) is 0 Å². The lowest BCUT2D eigenvalue weighted by Crippen LogP contribution is -2.54. The van der Waals surface area contributed by atoms with Crippen molar-refractivity contribution in [3.63, 3.8) is 0 Å². The van der Waals surface area contributed by atoms with Crippen LogP contribution in [-0.2, 0) is 4.74 Å². The summed E-state index contributed by atoms with van der Waals surface area (Å²) in [5.74, 6) is 0. The Balaban J connectivity index is 2.56. The molecule has 2 heteroatoms. The van der Waals surface area contributed by atoms with Gasteiger partial charge in [-0.2, -0.15) is 0 Å². The molecule has 1 fully saturated rings. The molecule has 0 aromatic carbocycles. The van der Waals surface area contributed by atoms with Crippen molar-refractivity contribution in [1.29, 1.82) is 0 Å². The Morgan fingerprint density at radius 2 is 2.18 bits per heavy atom. The van der Waals surface area contributed by atoms with Crippen molar-refractivity contribution < 1.29 is 4.74 Å². The van der Waals surface area contributed by atoms with Crippen LogP contribution in [0.2, 0.25) is 0 Å². The van der Waals surface area contributed by atoms with Gasteiger partial charge in [-0.3, -0.25) is 0 Å². The molecule has 1 aliphatic heterocycles. The summed E-state index contributed by atoms with van der Waals surface area (Å²) < 4.78 is 5.67. The van der Waals surface area contributed by atoms with Crippen molar-refractivity contribution in [3.05, 3.63) is 0 Å². The van der Waals surface area contributed by atoms with Gasteiger partial charge in [-0.05, 0) is 33.1 Å². The number of hydrogen-bond donors (Lipinski definition) is 1. The molecule has 0 aromatic heterocycles. The molecule has 1 rings (SSSR count). The Morgan fingerprint density at radius 3 is 2.64 bits per heavy atom. The largest absolute Gasteiger partial charge is 0.374 e. The molecule has 0 aliphatic carbocycles. The van der Waals surface area contributed by atoms with E-state index in [9.17, 15) is 0 Å². The zero-order valence-electron chi connectivity index (χ0n) is 7.76. The van der Waals surface area contributed by atoms with Gasteiger partial charge in [0, 0.05) is 5.54 Å². The second-order valence-electron chi connectivity index (χ2n) is 3.71. The van der Waals surface area contributed by atoms with E-state index in [1.54, 1.807) is 0 Å². The van der Waals surface area contributed by atoms with Gasteiger partial charge in [0.25, 0.3) is 0 Å². The number of rotatable bonds is 1. The highest BCUT2D eigenvalue weighted by atomic mass is 16.5.